The van der Waals surface area contributed by atoms with Gasteiger partial charge in [-0.1, -0.05) is 24.8 Å². The van der Waals surface area contributed by atoms with Crippen molar-refractivity contribution in [2.24, 2.45) is 0 Å². The smallest absolute Gasteiger partial charge is 0.142 e. The SMILES string of the molecule is C=C(C#N)CNc1c(OC)ccc2ccc(-c3cc(OC)ccn3)cc12. The minimum atomic E-state index is 0.355. The van der Waals surface area contributed by atoms with Crippen LogP contribution in [0.5, 0.6) is 11.5 Å². The van der Waals surface area contributed by atoms with Crippen molar-refractivity contribution in [2.75, 3.05) is 26.1 Å². The number of fused-ring (bicyclic) bond motifs is 1. The second-order valence-corrected chi connectivity index (χ2v) is 5.73. The van der Waals surface area contributed by atoms with Gasteiger partial charge in [0.2, 0.25) is 0 Å². The predicted octanol–water partition coefficient (Wildman–Crippen LogP) is 4.41. The summed E-state index contributed by atoms with van der Waals surface area (Å²) in [6.45, 7) is 4.07. The summed E-state index contributed by atoms with van der Waals surface area (Å²) in [6, 6.07) is 15.8. The molecule has 26 heavy (non-hydrogen) atoms. The highest BCUT2D eigenvalue weighted by molar-refractivity contribution is 5.99. The van der Waals surface area contributed by atoms with E-state index in [9.17, 15) is 0 Å². The zero-order valence-corrected chi connectivity index (χ0v) is 14.7. The minimum absolute atomic E-state index is 0.355. The summed E-state index contributed by atoms with van der Waals surface area (Å²) >= 11 is 0. The number of nitrogens with zero attached hydrogens (tertiary/aromatic N) is 2. The maximum Gasteiger partial charge on any atom is 0.142 e. The fourth-order valence-corrected chi connectivity index (χ4v) is 2.74. The van der Waals surface area contributed by atoms with E-state index >= 15 is 0 Å². The van der Waals surface area contributed by atoms with E-state index in [2.05, 4.69) is 22.9 Å². The van der Waals surface area contributed by atoms with Crippen LogP contribution < -0.4 is 14.8 Å². The average Bonchev–Trinajstić information content (AvgIpc) is 2.71. The summed E-state index contributed by atoms with van der Waals surface area (Å²) in [6.07, 6.45) is 1.72. The molecule has 0 aliphatic carbocycles. The van der Waals surface area contributed by atoms with Gasteiger partial charge in [0.05, 0.1) is 31.7 Å². The van der Waals surface area contributed by atoms with Gasteiger partial charge in [0, 0.05) is 35.3 Å². The lowest BCUT2D eigenvalue weighted by Gasteiger charge is -2.15. The summed E-state index contributed by atoms with van der Waals surface area (Å²) < 4.78 is 10.8. The summed E-state index contributed by atoms with van der Waals surface area (Å²) in [5, 5.41) is 14.3. The van der Waals surface area contributed by atoms with Gasteiger partial charge >= 0.3 is 0 Å². The van der Waals surface area contributed by atoms with Crippen molar-refractivity contribution in [3.63, 3.8) is 0 Å². The number of nitrogens with one attached hydrogen (secondary N) is 1. The van der Waals surface area contributed by atoms with Crippen LogP contribution >= 0.6 is 0 Å². The van der Waals surface area contributed by atoms with Gasteiger partial charge in [0.15, 0.2) is 0 Å². The first-order chi connectivity index (χ1) is 12.7. The van der Waals surface area contributed by atoms with Crippen molar-refractivity contribution in [1.29, 1.82) is 5.26 Å². The number of nitriles is 1. The summed E-state index contributed by atoms with van der Waals surface area (Å²) in [4.78, 5) is 4.44. The number of ether oxygens (including phenoxy) is 2. The molecule has 0 aliphatic rings. The number of anilines is 1. The number of hydrogen-bond donors (Lipinski definition) is 1. The largest absolute Gasteiger partial charge is 0.497 e. The first-order valence-electron chi connectivity index (χ1n) is 8.09. The summed E-state index contributed by atoms with van der Waals surface area (Å²) in [5.74, 6) is 1.46. The number of rotatable bonds is 6. The first kappa shape index (κ1) is 17.3. The molecule has 5 nitrogen and oxygen atoms in total. The third kappa shape index (κ3) is 3.45. The van der Waals surface area contributed by atoms with Crippen LogP contribution in [0.1, 0.15) is 0 Å². The normalized spacial score (nSPS) is 10.2. The predicted molar refractivity (Wildman–Crippen MR) is 104 cm³/mol. The lowest BCUT2D eigenvalue weighted by Crippen LogP contribution is -2.05. The molecule has 0 fully saturated rings. The third-order valence-corrected chi connectivity index (χ3v) is 4.10. The summed E-state index contributed by atoms with van der Waals surface area (Å²) in [5.41, 5.74) is 3.06. The fraction of sp³-hybridized carbons (Fsp3) is 0.143. The van der Waals surface area contributed by atoms with Gasteiger partial charge in [-0.15, -0.1) is 0 Å². The van der Waals surface area contributed by atoms with E-state index in [0.29, 0.717) is 17.9 Å². The van der Waals surface area contributed by atoms with E-state index in [-0.39, 0.29) is 0 Å². The average molecular weight is 345 g/mol. The molecule has 3 aromatic rings. The number of methoxy groups -OCH3 is 2. The molecular formula is C21H19N3O2. The van der Waals surface area contributed by atoms with Crippen molar-refractivity contribution in [1.82, 2.24) is 4.98 Å². The Morgan fingerprint density at radius 2 is 1.96 bits per heavy atom. The van der Waals surface area contributed by atoms with Gasteiger partial charge < -0.3 is 14.8 Å². The van der Waals surface area contributed by atoms with Crippen molar-refractivity contribution >= 4 is 16.5 Å². The van der Waals surface area contributed by atoms with Crippen molar-refractivity contribution in [3.8, 4) is 28.8 Å². The maximum atomic E-state index is 8.95. The quantitative estimate of drug-likeness (QED) is 0.670. The Kier molecular flexibility index (Phi) is 5.04. The van der Waals surface area contributed by atoms with Gasteiger partial charge in [-0.25, -0.2) is 0 Å². The van der Waals surface area contributed by atoms with Gasteiger partial charge in [-0.3, -0.25) is 4.98 Å². The molecule has 5 heteroatoms. The molecule has 2 aromatic carbocycles. The minimum Gasteiger partial charge on any atom is -0.497 e. The van der Waals surface area contributed by atoms with Crippen molar-refractivity contribution in [3.05, 3.63) is 60.8 Å². The van der Waals surface area contributed by atoms with E-state index in [4.69, 9.17) is 14.7 Å². The van der Waals surface area contributed by atoms with E-state index in [1.807, 2.05) is 42.5 Å². The second kappa shape index (κ2) is 7.58. The molecule has 0 amide bonds. The van der Waals surface area contributed by atoms with Crippen LogP contribution in [0.15, 0.2) is 60.8 Å². The number of hydrogen-bond acceptors (Lipinski definition) is 5. The van der Waals surface area contributed by atoms with Gasteiger partial charge in [-0.05, 0) is 23.6 Å². The molecule has 1 aromatic heterocycles. The van der Waals surface area contributed by atoms with Crippen molar-refractivity contribution < 1.29 is 9.47 Å². The molecule has 0 atom stereocenters. The highest BCUT2D eigenvalue weighted by Gasteiger charge is 2.11. The molecule has 0 bridgehead atoms. The zero-order chi connectivity index (χ0) is 18.5. The first-order valence-corrected chi connectivity index (χ1v) is 8.09. The Balaban J connectivity index is 2.11. The standard InChI is InChI=1S/C21H19N3O2/c1-14(12-22)13-24-21-18-10-16(19-11-17(25-2)8-9-23-19)5-4-15(18)6-7-20(21)26-3/h4-11,24H,1,13H2,2-3H3. The molecule has 130 valence electrons. The van der Waals surface area contributed by atoms with Crippen molar-refractivity contribution in [2.45, 2.75) is 0 Å². The van der Waals surface area contributed by atoms with Crippen LogP contribution in [-0.2, 0) is 0 Å². The fourth-order valence-electron chi connectivity index (χ4n) is 2.74. The molecule has 1 N–H and O–H groups in total. The van der Waals surface area contributed by atoms with E-state index in [1.165, 1.54) is 0 Å². The zero-order valence-electron chi connectivity index (χ0n) is 14.7. The van der Waals surface area contributed by atoms with Crippen LogP contribution in [0, 0.1) is 11.3 Å². The topological polar surface area (TPSA) is 67.2 Å². The van der Waals surface area contributed by atoms with Gasteiger partial charge in [0.25, 0.3) is 0 Å². The monoisotopic (exact) mass is 345 g/mol. The molecule has 0 saturated heterocycles. The Morgan fingerprint density at radius 3 is 2.69 bits per heavy atom. The Hall–Kier alpha value is -3.52. The highest BCUT2D eigenvalue weighted by atomic mass is 16.5. The molecule has 1 heterocycles. The molecule has 0 unspecified atom stereocenters. The second-order valence-electron chi connectivity index (χ2n) is 5.73. The molecule has 0 radical (unpaired) electrons. The molecule has 0 spiro atoms. The molecule has 3 rings (SSSR count). The van der Waals surface area contributed by atoms with Gasteiger partial charge in [0.1, 0.15) is 11.5 Å². The van der Waals surface area contributed by atoms with Gasteiger partial charge in [-0.2, -0.15) is 5.26 Å². The Labute approximate surface area is 152 Å². The van der Waals surface area contributed by atoms with E-state index in [0.717, 1.165) is 33.5 Å². The highest BCUT2D eigenvalue weighted by Crippen LogP contribution is 2.36. The molecule has 0 aliphatic heterocycles. The Bertz CT molecular complexity index is 1010. The Morgan fingerprint density at radius 1 is 1.15 bits per heavy atom. The van der Waals surface area contributed by atoms with Crippen LogP contribution in [0.2, 0.25) is 0 Å². The number of benzene rings is 2. The van der Waals surface area contributed by atoms with Crippen LogP contribution in [0.3, 0.4) is 0 Å². The maximum absolute atomic E-state index is 8.95. The van der Waals surface area contributed by atoms with Crippen LogP contribution in [0.4, 0.5) is 5.69 Å². The molecular weight excluding hydrogens is 326 g/mol. The lowest BCUT2D eigenvalue weighted by atomic mass is 10.0. The third-order valence-electron chi connectivity index (χ3n) is 4.10. The molecule has 0 saturated carbocycles. The van der Waals surface area contributed by atoms with E-state index in [1.54, 1.807) is 20.4 Å². The van der Waals surface area contributed by atoms with Crippen LogP contribution in [-0.4, -0.2) is 25.7 Å². The van der Waals surface area contributed by atoms with Crippen LogP contribution in [0.25, 0.3) is 22.0 Å². The van der Waals surface area contributed by atoms with E-state index < -0.39 is 0 Å². The number of pyridine rings is 1. The lowest BCUT2D eigenvalue weighted by molar-refractivity contribution is 0.414. The number of aromatic nitrogens is 1. The summed E-state index contributed by atoms with van der Waals surface area (Å²) in [7, 11) is 3.26.